The molecule has 0 radical (unpaired) electrons. The second-order valence-electron chi connectivity index (χ2n) is 7.82. The summed E-state index contributed by atoms with van der Waals surface area (Å²) in [6, 6.07) is 1.48. The minimum atomic E-state index is -0.659. The topological polar surface area (TPSA) is 132 Å². The van der Waals surface area contributed by atoms with Crippen LogP contribution in [0.4, 0.5) is 15.1 Å². The molecule has 14 heteroatoms. The number of anilines is 1. The molecule has 0 saturated carbocycles. The van der Waals surface area contributed by atoms with E-state index in [9.17, 15) is 9.18 Å². The molecule has 2 amide bonds. The minimum Gasteiger partial charge on any atom is -0.337 e. The Morgan fingerprint density at radius 3 is 2.68 bits per heavy atom. The third kappa shape index (κ3) is 3.94. The van der Waals surface area contributed by atoms with Gasteiger partial charge in [0.05, 0.1) is 6.20 Å². The molecule has 2 aliphatic heterocycles. The van der Waals surface area contributed by atoms with E-state index in [0.29, 0.717) is 38.5 Å². The highest BCUT2D eigenvalue weighted by atomic mass is 32.1. The third-order valence-electron chi connectivity index (χ3n) is 5.59. The third-order valence-corrected chi connectivity index (χ3v) is 6.60. The first-order valence-electron chi connectivity index (χ1n) is 10.6. The summed E-state index contributed by atoms with van der Waals surface area (Å²) in [6.45, 7) is 3.80. The largest absolute Gasteiger partial charge is 0.341 e. The number of hydrogen-bond donors (Lipinski definition) is 0. The summed E-state index contributed by atoms with van der Waals surface area (Å²) in [6.07, 6.45) is 5.27. The summed E-state index contributed by atoms with van der Waals surface area (Å²) in [5.41, 5.74) is -0.0343. The highest BCUT2D eigenvalue weighted by Crippen LogP contribution is 2.32. The number of aromatic nitrogens is 6. The SMILES string of the molecule is Cc1cnc(C2CC=NN2C(=O)N2CCN(c3ncc(F)c(-c4nc(C#N)nn4C)n3)CC2)s1. The van der Waals surface area contributed by atoms with Crippen molar-refractivity contribution in [3.05, 3.63) is 33.9 Å². The molecule has 0 spiro atoms. The molecule has 1 fully saturated rings. The summed E-state index contributed by atoms with van der Waals surface area (Å²) in [7, 11) is 1.57. The van der Waals surface area contributed by atoms with Crippen molar-refractivity contribution in [2.75, 3.05) is 31.1 Å². The van der Waals surface area contributed by atoms with Gasteiger partial charge in [-0.25, -0.2) is 33.8 Å². The van der Waals surface area contributed by atoms with Crippen molar-refractivity contribution >= 4 is 29.5 Å². The Bertz CT molecular complexity index is 1300. The number of urea groups is 1. The Morgan fingerprint density at radius 1 is 1.21 bits per heavy atom. The molecule has 0 aromatic carbocycles. The fraction of sp³-hybridized carbons (Fsp3) is 0.400. The summed E-state index contributed by atoms with van der Waals surface area (Å²) >= 11 is 1.57. The van der Waals surface area contributed by atoms with Gasteiger partial charge in [0, 0.05) is 56.9 Å². The molecule has 3 aromatic rings. The Kier molecular flexibility index (Phi) is 5.62. The average Bonchev–Trinajstić information content (AvgIpc) is 3.58. The molecule has 5 rings (SSSR count). The zero-order valence-electron chi connectivity index (χ0n) is 18.5. The van der Waals surface area contributed by atoms with Crippen LogP contribution in [0.3, 0.4) is 0 Å². The molecule has 0 bridgehead atoms. The van der Waals surface area contributed by atoms with E-state index in [1.807, 2.05) is 17.9 Å². The lowest BCUT2D eigenvalue weighted by atomic mass is 10.2. The van der Waals surface area contributed by atoms with Crippen LogP contribution in [0.1, 0.15) is 28.2 Å². The first-order valence-corrected chi connectivity index (χ1v) is 11.4. The zero-order valence-corrected chi connectivity index (χ0v) is 19.3. The van der Waals surface area contributed by atoms with Gasteiger partial charge in [0.25, 0.3) is 5.82 Å². The fourth-order valence-electron chi connectivity index (χ4n) is 3.88. The van der Waals surface area contributed by atoms with Crippen molar-refractivity contribution in [2.45, 2.75) is 19.4 Å². The number of aryl methyl sites for hydroxylation is 2. The second-order valence-corrected chi connectivity index (χ2v) is 9.09. The smallest absolute Gasteiger partial charge is 0.337 e. The van der Waals surface area contributed by atoms with Crippen LogP contribution >= 0.6 is 11.3 Å². The number of carbonyl (C=O) groups is 1. The Hall–Kier alpha value is -3.99. The van der Waals surface area contributed by atoms with Crippen LogP contribution in [0.25, 0.3) is 11.5 Å². The summed E-state index contributed by atoms with van der Waals surface area (Å²) < 4.78 is 15.8. The molecular formula is C20H20FN11OS. The quantitative estimate of drug-likeness (QED) is 0.552. The molecular weight excluding hydrogens is 461 g/mol. The molecule has 174 valence electrons. The number of hydrogen-bond acceptors (Lipinski definition) is 10. The van der Waals surface area contributed by atoms with Gasteiger partial charge in [-0.05, 0) is 6.92 Å². The lowest BCUT2D eigenvalue weighted by molar-refractivity contribution is 0.139. The minimum absolute atomic E-state index is 0.0343. The number of thiazole rings is 1. The van der Waals surface area contributed by atoms with Gasteiger partial charge in [-0.15, -0.1) is 16.4 Å². The van der Waals surface area contributed by atoms with E-state index in [1.165, 1.54) is 9.69 Å². The molecule has 0 aliphatic carbocycles. The van der Waals surface area contributed by atoms with Crippen LogP contribution in [0.5, 0.6) is 0 Å². The molecule has 3 aromatic heterocycles. The summed E-state index contributed by atoms with van der Waals surface area (Å²) in [5.74, 6) is -0.268. The van der Waals surface area contributed by atoms with Crippen molar-refractivity contribution < 1.29 is 9.18 Å². The van der Waals surface area contributed by atoms with Crippen molar-refractivity contribution in [1.29, 1.82) is 5.26 Å². The molecule has 1 atom stereocenters. The van der Waals surface area contributed by atoms with Gasteiger partial charge in [-0.3, -0.25) is 0 Å². The van der Waals surface area contributed by atoms with Crippen LogP contribution in [0, 0.1) is 24.1 Å². The van der Waals surface area contributed by atoms with Crippen LogP contribution in [-0.2, 0) is 7.05 Å². The van der Waals surface area contributed by atoms with Crippen LogP contribution in [0.2, 0.25) is 0 Å². The van der Waals surface area contributed by atoms with Crippen molar-refractivity contribution in [3.8, 4) is 17.6 Å². The Morgan fingerprint density at radius 2 is 2.00 bits per heavy atom. The van der Waals surface area contributed by atoms with E-state index in [-0.39, 0.29) is 29.4 Å². The maximum absolute atomic E-state index is 14.5. The summed E-state index contributed by atoms with van der Waals surface area (Å²) in [4.78, 5) is 34.8. The molecule has 2 aliphatic rings. The van der Waals surface area contributed by atoms with Gasteiger partial charge in [-0.1, -0.05) is 0 Å². The normalized spacial score (nSPS) is 17.9. The molecule has 1 saturated heterocycles. The zero-order chi connectivity index (χ0) is 23.8. The average molecular weight is 482 g/mol. The lowest BCUT2D eigenvalue weighted by Gasteiger charge is -2.36. The highest BCUT2D eigenvalue weighted by Gasteiger charge is 2.35. The molecule has 0 N–H and O–H groups in total. The maximum atomic E-state index is 14.5. The number of amides is 2. The number of piperazine rings is 1. The van der Waals surface area contributed by atoms with Crippen LogP contribution in [-0.4, -0.2) is 78.0 Å². The van der Waals surface area contributed by atoms with Crippen molar-refractivity contribution in [1.82, 2.24) is 39.6 Å². The first-order chi connectivity index (χ1) is 16.4. The summed E-state index contributed by atoms with van der Waals surface area (Å²) in [5, 5.41) is 19.6. The number of rotatable bonds is 3. The number of hydrazone groups is 1. The first kappa shape index (κ1) is 21.8. The lowest BCUT2D eigenvalue weighted by Crippen LogP contribution is -2.52. The van der Waals surface area contributed by atoms with Gasteiger partial charge in [0.15, 0.2) is 11.6 Å². The van der Waals surface area contributed by atoms with E-state index in [2.05, 4.69) is 30.1 Å². The highest BCUT2D eigenvalue weighted by molar-refractivity contribution is 7.11. The predicted molar refractivity (Wildman–Crippen MR) is 120 cm³/mol. The number of carbonyl (C=O) groups excluding carboxylic acids is 1. The van der Waals surface area contributed by atoms with Gasteiger partial charge < -0.3 is 9.80 Å². The molecule has 5 heterocycles. The van der Waals surface area contributed by atoms with E-state index >= 15 is 0 Å². The second kappa shape index (κ2) is 8.75. The van der Waals surface area contributed by atoms with Crippen molar-refractivity contribution in [2.24, 2.45) is 12.1 Å². The van der Waals surface area contributed by atoms with Gasteiger partial charge in [0.2, 0.25) is 5.95 Å². The molecule has 1 unspecified atom stereocenters. The van der Waals surface area contributed by atoms with E-state index in [0.717, 1.165) is 16.1 Å². The van der Waals surface area contributed by atoms with E-state index < -0.39 is 5.82 Å². The maximum Gasteiger partial charge on any atom is 0.341 e. The number of nitriles is 1. The van der Waals surface area contributed by atoms with Crippen LogP contribution < -0.4 is 4.90 Å². The van der Waals surface area contributed by atoms with Gasteiger partial charge in [0.1, 0.15) is 22.8 Å². The molecule has 34 heavy (non-hydrogen) atoms. The standard InChI is InChI=1S/C20H20FN11OS/c1-12-10-23-18(34-12)14-3-4-25-32(14)20(33)31-7-5-30(6-8-31)19-24-11-13(21)16(27-19)17-26-15(9-22)28-29(17)2/h4,10-11,14H,3,5-8H2,1-2H3. The van der Waals surface area contributed by atoms with E-state index in [4.69, 9.17) is 5.26 Å². The number of halogens is 1. The molecule has 12 nitrogen and oxygen atoms in total. The monoisotopic (exact) mass is 481 g/mol. The predicted octanol–water partition coefficient (Wildman–Crippen LogP) is 1.72. The fourth-order valence-corrected chi connectivity index (χ4v) is 4.75. The van der Waals surface area contributed by atoms with Gasteiger partial charge >= 0.3 is 6.03 Å². The Balaban J connectivity index is 1.28. The van der Waals surface area contributed by atoms with Crippen LogP contribution in [0.15, 0.2) is 17.5 Å². The number of nitrogens with zero attached hydrogens (tertiary/aromatic N) is 11. The van der Waals surface area contributed by atoms with Gasteiger partial charge in [-0.2, -0.15) is 15.3 Å². The van der Waals surface area contributed by atoms with E-state index in [1.54, 1.807) is 35.7 Å². The van der Waals surface area contributed by atoms with Crippen molar-refractivity contribution in [3.63, 3.8) is 0 Å². The Labute approximate surface area is 198 Å².